The molecule has 2 atom stereocenters. The minimum Gasteiger partial charge on any atom is -0.321 e. The molecule has 1 heteroatoms. The normalized spacial score (nSPS) is 31.2. The Bertz CT molecular complexity index is 215. The molecule has 0 saturated heterocycles. The molecule has 2 bridgehead atoms. The van der Waals surface area contributed by atoms with Crippen LogP contribution in [-0.4, -0.2) is 6.04 Å². The predicted octanol–water partition coefficient (Wildman–Crippen LogP) is 2.00. The molecule has 0 heterocycles. The number of fused-ring (bicyclic) bond motifs is 2. The van der Waals surface area contributed by atoms with Crippen molar-refractivity contribution in [1.82, 2.24) is 0 Å². The molecule has 1 saturated carbocycles. The third-order valence-corrected chi connectivity index (χ3v) is 3.01. The topological polar surface area (TPSA) is 26.0 Å². The van der Waals surface area contributed by atoms with Crippen LogP contribution in [0, 0.1) is 5.92 Å². The van der Waals surface area contributed by atoms with Crippen molar-refractivity contribution in [2.75, 3.05) is 0 Å². The zero-order valence-corrected chi connectivity index (χ0v) is 6.84. The first kappa shape index (κ1) is 7.11. The molecule has 2 N–H and O–H groups in total. The second-order valence-electron chi connectivity index (χ2n) is 3.70. The van der Waals surface area contributed by atoms with Crippen LogP contribution in [0.2, 0.25) is 0 Å². The molecule has 0 radical (unpaired) electrons. The predicted molar refractivity (Wildman–Crippen MR) is 47.2 cm³/mol. The minimum absolute atomic E-state index is 0.148. The third-order valence-electron chi connectivity index (χ3n) is 3.01. The fraction of sp³-hybridized carbons (Fsp3) is 0.600. The van der Waals surface area contributed by atoms with Gasteiger partial charge in [-0.05, 0) is 31.6 Å². The van der Waals surface area contributed by atoms with E-state index in [1.54, 1.807) is 5.57 Å². The van der Waals surface area contributed by atoms with Crippen LogP contribution in [0.25, 0.3) is 0 Å². The highest BCUT2D eigenvalue weighted by molar-refractivity contribution is 5.31. The number of hydrogen-bond acceptors (Lipinski definition) is 1. The van der Waals surface area contributed by atoms with Gasteiger partial charge in [0.25, 0.3) is 0 Å². The largest absolute Gasteiger partial charge is 0.321 e. The lowest BCUT2D eigenvalue weighted by Gasteiger charge is -2.15. The fourth-order valence-electron chi connectivity index (χ4n) is 2.37. The van der Waals surface area contributed by atoms with E-state index in [2.05, 4.69) is 6.58 Å². The van der Waals surface area contributed by atoms with Crippen LogP contribution in [-0.2, 0) is 0 Å². The Labute approximate surface area is 68.0 Å². The summed E-state index contributed by atoms with van der Waals surface area (Å²) in [4.78, 5) is 0. The van der Waals surface area contributed by atoms with Crippen LogP contribution in [0.4, 0.5) is 0 Å². The van der Waals surface area contributed by atoms with E-state index in [0.717, 1.165) is 5.92 Å². The summed E-state index contributed by atoms with van der Waals surface area (Å²) in [5.41, 5.74) is 9.03. The van der Waals surface area contributed by atoms with Gasteiger partial charge in [0.15, 0.2) is 0 Å². The summed E-state index contributed by atoms with van der Waals surface area (Å²) in [6, 6.07) is 0.148. The van der Waals surface area contributed by atoms with E-state index in [1.807, 2.05) is 6.08 Å². The molecule has 0 aromatic carbocycles. The monoisotopic (exact) mass is 149 g/mol. The fourth-order valence-corrected chi connectivity index (χ4v) is 2.37. The Kier molecular flexibility index (Phi) is 1.61. The number of rotatable bonds is 2. The maximum absolute atomic E-state index is 5.89. The molecule has 0 aromatic rings. The van der Waals surface area contributed by atoms with Gasteiger partial charge in [-0.25, -0.2) is 0 Å². The SMILES string of the molecule is C=CC(N)C1=C2CCC(C2)C1. The molecule has 0 aliphatic heterocycles. The summed E-state index contributed by atoms with van der Waals surface area (Å²) < 4.78 is 0. The molecule has 11 heavy (non-hydrogen) atoms. The quantitative estimate of drug-likeness (QED) is 0.597. The lowest BCUT2D eigenvalue weighted by atomic mass is 9.94. The highest BCUT2D eigenvalue weighted by Crippen LogP contribution is 2.44. The Balaban J connectivity index is 2.20. The van der Waals surface area contributed by atoms with E-state index in [1.165, 1.54) is 31.3 Å². The van der Waals surface area contributed by atoms with E-state index >= 15 is 0 Å². The molecule has 0 amide bonds. The Hall–Kier alpha value is -0.560. The molecule has 2 rings (SSSR count). The molecule has 2 aliphatic rings. The van der Waals surface area contributed by atoms with Crippen LogP contribution >= 0.6 is 0 Å². The lowest BCUT2D eigenvalue weighted by Crippen LogP contribution is -2.20. The van der Waals surface area contributed by atoms with Gasteiger partial charge in [0, 0.05) is 6.04 Å². The first-order valence-corrected chi connectivity index (χ1v) is 4.40. The zero-order chi connectivity index (χ0) is 7.84. The Morgan fingerprint density at radius 2 is 2.36 bits per heavy atom. The summed E-state index contributed by atoms with van der Waals surface area (Å²) >= 11 is 0. The summed E-state index contributed by atoms with van der Waals surface area (Å²) in [5.74, 6) is 0.936. The maximum atomic E-state index is 5.89. The van der Waals surface area contributed by atoms with E-state index in [0.29, 0.717) is 0 Å². The Morgan fingerprint density at radius 3 is 2.82 bits per heavy atom. The van der Waals surface area contributed by atoms with Gasteiger partial charge in [0.2, 0.25) is 0 Å². The highest BCUT2D eigenvalue weighted by Gasteiger charge is 2.31. The second-order valence-corrected chi connectivity index (χ2v) is 3.70. The summed E-state index contributed by atoms with van der Waals surface area (Å²) in [5, 5.41) is 0. The average Bonchev–Trinajstić information content (AvgIpc) is 2.62. The van der Waals surface area contributed by atoms with Gasteiger partial charge in [0.05, 0.1) is 0 Å². The van der Waals surface area contributed by atoms with Gasteiger partial charge in [0.1, 0.15) is 0 Å². The van der Waals surface area contributed by atoms with Gasteiger partial charge in [-0.1, -0.05) is 17.2 Å². The molecule has 0 spiro atoms. The van der Waals surface area contributed by atoms with E-state index < -0.39 is 0 Å². The van der Waals surface area contributed by atoms with Crippen molar-refractivity contribution in [2.24, 2.45) is 11.7 Å². The molecule has 2 aliphatic carbocycles. The van der Waals surface area contributed by atoms with Crippen molar-refractivity contribution in [2.45, 2.75) is 31.7 Å². The second kappa shape index (κ2) is 2.49. The van der Waals surface area contributed by atoms with Crippen LogP contribution in [0.3, 0.4) is 0 Å². The molecule has 1 fully saturated rings. The minimum atomic E-state index is 0.148. The zero-order valence-electron chi connectivity index (χ0n) is 6.84. The highest BCUT2D eigenvalue weighted by atomic mass is 14.6. The van der Waals surface area contributed by atoms with Crippen molar-refractivity contribution < 1.29 is 0 Å². The van der Waals surface area contributed by atoms with Crippen molar-refractivity contribution in [3.8, 4) is 0 Å². The number of hydrogen-bond donors (Lipinski definition) is 1. The van der Waals surface area contributed by atoms with Crippen LogP contribution < -0.4 is 5.73 Å². The first-order valence-electron chi connectivity index (χ1n) is 4.40. The first-order chi connectivity index (χ1) is 5.31. The molecular weight excluding hydrogens is 134 g/mol. The van der Waals surface area contributed by atoms with Crippen molar-refractivity contribution in [3.05, 3.63) is 23.8 Å². The summed E-state index contributed by atoms with van der Waals surface area (Å²) in [7, 11) is 0. The number of nitrogens with two attached hydrogens (primary N) is 1. The van der Waals surface area contributed by atoms with Crippen molar-refractivity contribution >= 4 is 0 Å². The van der Waals surface area contributed by atoms with Crippen molar-refractivity contribution in [3.63, 3.8) is 0 Å². The van der Waals surface area contributed by atoms with Crippen LogP contribution in [0.5, 0.6) is 0 Å². The van der Waals surface area contributed by atoms with Gasteiger partial charge in [-0.2, -0.15) is 0 Å². The summed E-state index contributed by atoms with van der Waals surface area (Å²) in [6.45, 7) is 3.73. The molecule has 0 aromatic heterocycles. The summed E-state index contributed by atoms with van der Waals surface area (Å²) in [6.07, 6.45) is 7.16. The molecule has 1 nitrogen and oxygen atoms in total. The molecule has 60 valence electrons. The van der Waals surface area contributed by atoms with Crippen LogP contribution in [0.1, 0.15) is 25.7 Å². The standard InChI is InChI=1S/C10H15N/c1-2-10(11)9-6-7-3-4-8(9)5-7/h2,7,10H,1,3-6,11H2. The van der Waals surface area contributed by atoms with Gasteiger partial charge in [-0.3, -0.25) is 0 Å². The van der Waals surface area contributed by atoms with Gasteiger partial charge >= 0.3 is 0 Å². The van der Waals surface area contributed by atoms with E-state index in [9.17, 15) is 0 Å². The van der Waals surface area contributed by atoms with E-state index in [4.69, 9.17) is 5.73 Å². The average molecular weight is 149 g/mol. The smallest absolute Gasteiger partial charge is 0.0440 e. The van der Waals surface area contributed by atoms with Crippen LogP contribution in [0.15, 0.2) is 23.8 Å². The molecule has 2 unspecified atom stereocenters. The van der Waals surface area contributed by atoms with Gasteiger partial charge < -0.3 is 5.73 Å². The molecular formula is C10H15N. The van der Waals surface area contributed by atoms with E-state index in [-0.39, 0.29) is 6.04 Å². The lowest BCUT2D eigenvalue weighted by molar-refractivity contribution is 0.552. The maximum Gasteiger partial charge on any atom is 0.0440 e. The number of allylic oxidation sites excluding steroid dienone is 1. The Morgan fingerprint density at radius 1 is 1.55 bits per heavy atom. The third kappa shape index (κ3) is 1.04. The van der Waals surface area contributed by atoms with Crippen molar-refractivity contribution in [1.29, 1.82) is 0 Å². The van der Waals surface area contributed by atoms with Gasteiger partial charge in [-0.15, -0.1) is 6.58 Å².